The van der Waals surface area contributed by atoms with Gasteiger partial charge in [-0.1, -0.05) is 63.2 Å². The Hall–Kier alpha value is -2.60. The van der Waals surface area contributed by atoms with Crippen LogP contribution in [0.15, 0.2) is 54.6 Å². The lowest BCUT2D eigenvalue weighted by molar-refractivity contribution is -0.127. The van der Waals surface area contributed by atoms with E-state index >= 15 is 0 Å². The maximum absolute atomic E-state index is 12.2. The van der Waals surface area contributed by atoms with Crippen LogP contribution < -0.4 is 20.9 Å². The van der Waals surface area contributed by atoms with Crippen LogP contribution in [0.3, 0.4) is 0 Å². The molecule has 5 nitrogen and oxygen atoms in total. The van der Waals surface area contributed by atoms with Crippen LogP contribution in [0.4, 0.5) is 0 Å². The van der Waals surface area contributed by atoms with Crippen molar-refractivity contribution in [2.75, 3.05) is 0 Å². The van der Waals surface area contributed by atoms with Crippen LogP contribution in [-0.4, -0.2) is 17.1 Å². The molecule has 6 heteroatoms. The Balaban J connectivity index is 1.79. The molecule has 2 rings (SSSR count). The summed E-state index contributed by atoms with van der Waals surface area (Å²) in [7, 11) is 0. The molecule has 0 saturated carbocycles. The van der Waals surface area contributed by atoms with Crippen LogP contribution >= 0.6 is 12.2 Å². The SMILES string of the molecule is CC(Oc1ccc(C(C)(C)C)cc1)C(=O)NNC(=S)NC(C)c1ccccc1. The monoisotopic (exact) mass is 399 g/mol. The van der Waals surface area contributed by atoms with E-state index in [2.05, 4.69) is 36.9 Å². The van der Waals surface area contributed by atoms with Crippen molar-refractivity contribution < 1.29 is 9.53 Å². The smallest absolute Gasteiger partial charge is 0.279 e. The van der Waals surface area contributed by atoms with E-state index in [4.69, 9.17) is 17.0 Å². The van der Waals surface area contributed by atoms with Crippen molar-refractivity contribution in [3.8, 4) is 5.75 Å². The van der Waals surface area contributed by atoms with E-state index in [-0.39, 0.29) is 17.4 Å². The standard InChI is InChI=1S/C22H29N3O2S/c1-15(17-9-7-6-8-10-17)23-21(28)25-24-20(26)16(2)27-19-13-11-18(12-14-19)22(3,4)5/h6-16H,1-5H3,(H,24,26)(H2,23,25,28). The van der Waals surface area contributed by atoms with Crippen molar-refractivity contribution in [3.05, 3.63) is 65.7 Å². The first kappa shape index (κ1) is 21.7. The molecule has 2 atom stereocenters. The molecule has 0 aromatic heterocycles. The summed E-state index contributed by atoms with van der Waals surface area (Å²) in [5.74, 6) is 0.338. The van der Waals surface area contributed by atoms with E-state index in [9.17, 15) is 4.79 Å². The summed E-state index contributed by atoms with van der Waals surface area (Å²) >= 11 is 5.24. The number of hydrazine groups is 1. The van der Waals surface area contributed by atoms with Gasteiger partial charge in [-0.15, -0.1) is 0 Å². The largest absolute Gasteiger partial charge is 0.481 e. The van der Waals surface area contributed by atoms with Crippen molar-refractivity contribution in [2.24, 2.45) is 0 Å². The van der Waals surface area contributed by atoms with Crippen LogP contribution in [0.5, 0.6) is 5.75 Å². The lowest BCUT2D eigenvalue weighted by Crippen LogP contribution is -2.50. The fraction of sp³-hybridized carbons (Fsp3) is 0.364. The van der Waals surface area contributed by atoms with Gasteiger partial charge in [0.25, 0.3) is 5.91 Å². The first-order valence-electron chi connectivity index (χ1n) is 9.35. The Morgan fingerprint density at radius 2 is 1.57 bits per heavy atom. The molecule has 28 heavy (non-hydrogen) atoms. The second-order valence-electron chi connectivity index (χ2n) is 7.75. The summed E-state index contributed by atoms with van der Waals surface area (Å²) in [5, 5.41) is 3.46. The average Bonchev–Trinajstić information content (AvgIpc) is 2.66. The molecule has 0 aliphatic heterocycles. The zero-order valence-electron chi connectivity index (χ0n) is 17.1. The van der Waals surface area contributed by atoms with Crippen LogP contribution in [-0.2, 0) is 10.2 Å². The van der Waals surface area contributed by atoms with Gasteiger partial charge in [-0.3, -0.25) is 15.6 Å². The molecule has 3 N–H and O–H groups in total. The van der Waals surface area contributed by atoms with Crippen LogP contribution in [0.25, 0.3) is 0 Å². The molecule has 0 aliphatic carbocycles. The van der Waals surface area contributed by atoms with Gasteiger partial charge in [0.2, 0.25) is 0 Å². The predicted molar refractivity (Wildman–Crippen MR) is 117 cm³/mol. The summed E-state index contributed by atoms with van der Waals surface area (Å²) in [6.45, 7) is 10.1. The molecule has 2 unspecified atom stereocenters. The van der Waals surface area contributed by atoms with Crippen molar-refractivity contribution in [1.82, 2.24) is 16.2 Å². The van der Waals surface area contributed by atoms with E-state index in [1.807, 2.05) is 61.5 Å². The highest BCUT2D eigenvalue weighted by Crippen LogP contribution is 2.24. The number of carbonyl (C=O) groups is 1. The molecule has 1 amide bonds. The quantitative estimate of drug-likeness (QED) is 0.524. The first-order valence-corrected chi connectivity index (χ1v) is 9.76. The van der Waals surface area contributed by atoms with Crippen molar-refractivity contribution in [3.63, 3.8) is 0 Å². The second-order valence-corrected chi connectivity index (χ2v) is 8.16. The van der Waals surface area contributed by atoms with Gasteiger partial charge in [0.1, 0.15) is 5.75 Å². The van der Waals surface area contributed by atoms with E-state index in [0.29, 0.717) is 10.9 Å². The van der Waals surface area contributed by atoms with Crippen LogP contribution in [0.1, 0.15) is 51.8 Å². The Morgan fingerprint density at radius 3 is 2.14 bits per heavy atom. The van der Waals surface area contributed by atoms with Gasteiger partial charge in [0.05, 0.1) is 6.04 Å². The third kappa shape index (κ3) is 6.53. The number of amides is 1. The minimum atomic E-state index is -0.665. The second kappa shape index (κ2) is 9.55. The fourth-order valence-corrected chi connectivity index (χ4v) is 2.80. The topological polar surface area (TPSA) is 62.4 Å². The molecule has 2 aromatic carbocycles. The fourth-order valence-electron chi connectivity index (χ4n) is 2.57. The van der Waals surface area contributed by atoms with Gasteiger partial charge in [0.15, 0.2) is 11.2 Å². The van der Waals surface area contributed by atoms with Crippen molar-refractivity contribution in [2.45, 2.75) is 52.2 Å². The predicted octanol–water partition coefficient (Wildman–Crippen LogP) is 4.01. The highest BCUT2D eigenvalue weighted by Gasteiger charge is 2.17. The summed E-state index contributed by atoms with van der Waals surface area (Å²) < 4.78 is 5.71. The molecule has 0 bridgehead atoms. The summed E-state index contributed by atoms with van der Waals surface area (Å²) in [6.07, 6.45) is -0.665. The molecular weight excluding hydrogens is 370 g/mol. The maximum Gasteiger partial charge on any atom is 0.279 e. The lowest BCUT2D eigenvalue weighted by atomic mass is 9.87. The first-order chi connectivity index (χ1) is 13.2. The molecule has 0 saturated heterocycles. The molecule has 0 spiro atoms. The highest BCUT2D eigenvalue weighted by atomic mass is 32.1. The number of nitrogens with one attached hydrogen (secondary N) is 3. The lowest BCUT2D eigenvalue weighted by Gasteiger charge is -2.21. The molecule has 2 aromatic rings. The third-order valence-corrected chi connectivity index (χ3v) is 4.57. The highest BCUT2D eigenvalue weighted by molar-refractivity contribution is 7.80. The zero-order chi connectivity index (χ0) is 20.7. The number of benzene rings is 2. The Morgan fingerprint density at radius 1 is 0.964 bits per heavy atom. The minimum Gasteiger partial charge on any atom is -0.481 e. The van der Waals surface area contributed by atoms with E-state index < -0.39 is 6.10 Å². The summed E-state index contributed by atoms with van der Waals surface area (Å²) in [5.41, 5.74) is 7.69. The van der Waals surface area contributed by atoms with Gasteiger partial charge < -0.3 is 10.1 Å². The van der Waals surface area contributed by atoms with Crippen LogP contribution in [0, 0.1) is 0 Å². The van der Waals surface area contributed by atoms with Gasteiger partial charge in [0, 0.05) is 0 Å². The summed E-state index contributed by atoms with van der Waals surface area (Å²) in [4.78, 5) is 12.2. The Labute approximate surface area is 172 Å². The summed E-state index contributed by atoms with van der Waals surface area (Å²) in [6, 6.07) is 17.7. The van der Waals surface area contributed by atoms with Gasteiger partial charge in [-0.05, 0) is 54.7 Å². The maximum atomic E-state index is 12.2. The number of hydrogen-bond donors (Lipinski definition) is 3. The van der Waals surface area contributed by atoms with Crippen molar-refractivity contribution in [1.29, 1.82) is 0 Å². The normalized spacial score (nSPS) is 13.2. The van der Waals surface area contributed by atoms with E-state index in [1.54, 1.807) is 6.92 Å². The Bertz CT molecular complexity index is 786. The number of carbonyl (C=O) groups excluding carboxylic acids is 1. The molecule has 0 heterocycles. The Kier molecular flexibility index (Phi) is 7.40. The number of hydrogen-bond acceptors (Lipinski definition) is 3. The number of thiocarbonyl (C=S) groups is 1. The zero-order valence-corrected chi connectivity index (χ0v) is 17.9. The average molecular weight is 400 g/mol. The van der Waals surface area contributed by atoms with Gasteiger partial charge >= 0.3 is 0 Å². The third-order valence-electron chi connectivity index (χ3n) is 4.35. The van der Waals surface area contributed by atoms with E-state index in [0.717, 1.165) is 5.56 Å². The van der Waals surface area contributed by atoms with Gasteiger partial charge in [-0.25, -0.2) is 0 Å². The molecule has 0 radical (unpaired) electrons. The molecule has 150 valence electrons. The number of ether oxygens (including phenoxy) is 1. The molecule has 0 fully saturated rings. The van der Waals surface area contributed by atoms with Crippen molar-refractivity contribution >= 4 is 23.2 Å². The molecule has 0 aliphatic rings. The minimum absolute atomic E-state index is 0.0214. The van der Waals surface area contributed by atoms with Crippen LogP contribution in [0.2, 0.25) is 0 Å². The number of rotatable bonds is 5. The van der Waals surface area contributed by atoms with E-state index in [1.165, 1.54) is 5.56 Å². The molecular formula is C22H29N3O2S. The van der Waals surface area contributed by atoms with Gasteiger partial charge in [-0.2, -0.15) is 0 Å².